The molecule has 14 heteroatoms. The molecule has 3 rings (SSSR count). The van der Waals surface area contributed by atoms with Gasteiger partial charge in [0.15, 0.2) is 11.5 Å². The van der Waals surface area contributed by atoms with Crippen molar-refractivity contribution < 1.29 is 36.6 Å². The van der Waals surface area contributed by atoms with Crippen molar-refractivity contribution >= 4 is 62.0 Å². The zero-order valence-electron chi connectivity index (χ0n) is 20.9. The fraction of sp³-hybridized carbons (Fsp3) is 0.115. The first-order valence-electron chi connectivity index (χ1n) is 11.3. The number of esters is 1. The molecule has 0 unspecified atom stereocenters. The number of ether oxygens (including phenoxy) is 2. The summed E-state index contributed by atoms with van der Waals surface area (Å²) < 4.78 is 41.3. The number of carbonyl (C=O) groups excluding carboxylic acids is 2. The SMILES string of the molecule is CCOC(=O)c1ccc(NC(=O)/C(C#N)=C/c2cc(I)c(OS(=O)(=O)c3ccc([N+](=O)[O-])cc3)c(OC)c2)cc1. The van der Waals surface area contributed by atoms with Crippen LogP contribution in [0.4, 0.5) is 11.4 Å². The van der Waals surface area contributed by atoms with Crippen LogP contribution in [-0.4, -0.2) is 38.9 Å². The molecular formula is C26H20IN3O9S. The number of anilines is 1. The number of halogens is 1. The van der Waals surface area contributed by atoms with Crippen molar-refractivity contribution in [2.45, 2.75) is 11.8 Å². The molecule has 40 heavy (non-hydrogen) atoms. The van der Waals surface area contributed by atoms with Gasteiger partial charge >= 0.3 is 16.1 Å². The number of rotatable bonds is 10. The van der Waals surface area contributed by atoms with E-state index in [0.717, 1.165) is 24.3 Å². The Morgan fingerprint density at radius 1 is 1.12 bits per heavy atom. The number of nitrogens with zero attached hydrogens (tertiary/aromatic N) is 2. The fourth-order valence-electron chi connectivity index (χ4n) is 3.21. The lowest BCUT2D eigenvalue weighted by Gasteiger charge is -2.13. The number of nitriles is 1. The largest absolute Gasteiger partial charge is 0.493 e. The molecule has 0 fully saturated rings. The molecule has 0 spiro atoms. The number of nitro benzene ring substituents is 1. The number of benzene rings is 3. The third-order valence-electron chi connectivity index (χ3n) is 5.11. The van der Waals surface area contributed by atoms with E-state index in [1.165, 1.54) is 49.6 Å². The van der Waals surface area contributed by atoms with Crippen LogP contribution in [0.5, 0.6) is 11.5 Å². The Kier molecular flexibility index (Phi) is 9.80. The van der Waals surface area contributed by atoms with Crippen molar-refractivity contribution in [3.63, 3.8) is 0 Å². The highest BCUT2D eigenvalue weighted by atomic mass is 127. The smallest absolute Gasteiger partial charge is 0.339 e. The number of hydrogen-bond donors (Lipinski definition) is 1. The molecule has 0 radical (unpaired) electrons. The standard InChI is InChI=1S/C26H20IN3O9S/c1-3-38-26(32)17-4-6-19(7-5-17)29-25(31)18(15-28)12-16-13-22(27)24(23(14-16)37-2)39-40(35,36)21-10-8-20(9-11-21)30(33)34/h4-14H,3H2,1-2H3,(H,29,31)/b18-12+. The minimum atomic E-state index is -4.38. The van der Waals surface area contributed by atoms with Crippen molar-refractivity contribution in [1.29, 1.82) is 5.26 Å². The molecule has 0 aromatic heterocycles. The molecule has 0 saturated heterocycles. The van der Waals surface area contributed by atoms with Crippen molar-refractivity contribution in [3.8, 4) is 17.6 Å². The van der Waals surface area contributed by atoms with Crippen molar-refractivity contribution in [1.82, 2.24) is 0 Å². The van der Waals surface area contributed by atoms with E-state index in [-0.39, 0.29) is 37.8 Å². The number of amides is 1. The molecule has 0 bridgehead atoms. The summed E-state index contributed by atoms with van der Waals surface area (Å²) >= 11 is 1.81. The van der Waals surface area contributed by atoms with E-state index in [0.29, 0.717) is 16.8 Å². The third-order valence-corrected chi connectivity index (χ3v) is 7.15. The van der Waals surface area contributed by atoms with Gasteiger partial charge in [0.1, 0.15) is 16.5 Å². The van der Waals surface area contributed by atoms with E-state index in [4.69, 9.17) is 13.7 Å². The Bertz CT molecular complexity index is 1630. The maximum Gasteiger partial charge on any atom is 0.339 e. The van der Waals surface area contributed by atoms with Crippen LogP contribution in [-0.2, 0) is 19.6 Å². The van der Waals surface area contributed by atoms with Gasteiger partial charge < -0.3 is 19.0 Å². The summed E-state index contributed by atoms with van der Waals surface area (Å²) in [5.41, 5.74) is 0.431. The zero-order valence-corrected chi connectivity index (χ0v) is 23.9. The average molecular weight is 677 g/mol. The van der Waals surface area contributed by atoms with E-state index >= 15 is 0 Å². The Labute approximate surface area is 242 Å². The molecule has 0 atom stereocenters. The maximum absolute atomic E-state index is 12.8. The van der Waals surface area contributed by atoms with Gasteiger partial charge in [-0.1, -0.05) is 0 Å². The first-order valence-corrected chi connectivity index (χ1v) is 13.7. The topological polar surface area (TPSA) is 175 Å². The van der Waals surface area contributed by atoms with Gasteiger partial charge in [-0.3, -0.25) is 14.9 Å². The zero-order chi connectivity index (χ0) is 29.4. The summed E-state index contributed by atoms with van der Waals surface area (Å²) in [6.07, 6.45) is 1.28. The van der Waals surface area contributed by atoms with Gasteiger partial charge in [-0.05, 0) is 89.7 Å². The van der Waals surface area contributed by atoms with Gasteiger partial charge in [0.05, 0.1) is 27.8 Å². The molecule has 3 aromatic rings. The van der Waals surface area contributed by atoms with E-state index in [1.807, 2.05) is 28.7 Å². The van der Waals surface area contributed by atoms with Crippen LogP contribution in [0.15, 0.2) is 71.1 Å². The number of hydrogen-bond acceptors (Lipinski definition) is 10. The highest BCUT2D eigenvalue weighted by molar-refractivity contribution is 14.1. The molecule has 0 aliphatic carbocycles. The van der Waals surface area contributed by atoms with E-state index in [1.54, 1.807) is 6.92 Å². The normalized spacial score (nSPS) is 11.2. The van der Waals surface area contributed by atoms with Gasteiger partial charge in [0.2, 0.25) is 0 Å². The Morgan fingerprint density at radius 3 is 2.33 bits per heavy atom. The molecule has 3 aromatic carbocycles. The molecule has 0 heterocycles. The molecule has 0 aliphatic heterocycles. The Balaban J connectivity index is 1.84. The second kappa shape index (κ2) is 13.0. The molecule has 12 nitrogen and oxygen atoms in total. The van der Waals surface area contributed by atoms with E-state index in [9.17, 15) is 33.4 Å². The van der Waals surface area contributed by atoms with Gasteiger partial charge in [0.25, 0.3) is 11.6 Å². The van der Waals surface area contributed by atoms with Gasteiger partial charge in [-0.25, -0.2) is 4.79 Å². The number of nitro groups is 1. The number of non-ortho nitro benzene ring substituents is 1. The summed E-state index contributed by atoms with van der Waals surface area (Å²) in [5, 5.41) is 23.0. The second-order valence-electron chi connectivity index (χ2n) is 7.74. The van der Waals surface area contributed by atoms with Gasteiger partial charge in [-0.15, -0.1) is 0 Å². The second-order valence-corrected chi connectivity index (χ2v) is 10.5. The summed E-state index contributed by atoms with van der Waals surface area (Å²) in [6, 6.07) is 14.8. The Hall–Kier alpha value is -4.49. The first kappa shape index (κ1) is 30.1. The van der Waals surface area contributed by atoms with Crippen molar-refractivity contribution in [3.05, 3.63) is 91.0 Å². The van der Waals surface area contributed by atoms with Gasteiger partial charge in [0, 0.05) is 17.8 Å². The summed E-state index contributed by atoms with van der Waals surface area (Å²) in [7, 11) is -3.10. The lowest BCUT2D eigenvalue weighted by Crippen LogP contribution is -2.14. The Morgan fingerprint density at radius 2 is 1.77 bits per heavy atom. The van der Waals surface area contributed by atoms with E-state index in [2.05, 4.69) is 5.32 Å². The quantitative estimate of drug-likeness (QED) is 0.0603. The van der Waals surface area contributed by atoms with Crippen LogP contribution in [0.3, 0.4) is 0 Å². The number of carbonyl (C=O) groups is 2. The lowest BCUT2D eigenvalue weighted by molar-refractivity contribution is -0.384. The number of nitrogens with one attached hydrogen (secondary N) is 1. The summed E-state index contributed by atoms with van der Waals surface area (Å²) in [5.74, 6) is -1.38. The number of methoxy groups -OCH3 is 1. The third kappa shape index (κ3) is 7.33. The van der Waals surface area contributed by atoms with Crippen molar-refractivity contribution in [2.24, 2.45) is 0 Å². The first-order chi connectivity index (χ1) is 19.0. The highest BCUT2D eigenvalue weighted by Gasteiger charge is 2.23. The van der Waals surface area contributed by atoms with Crippen LogP contribution in [0.25, 0.3) is 6.08 Å². The van der Waals surface area contributed by atoms with Crippen LogP contribution in [0, 0.1) is 25.0 Å². The lowest BCUT2D eigenvalue weighted by atomic mass is 10.1. The van der Waals surface area contributed by atoms with Crippen LogP contribution in [0.1, 0.15) is 22.8 Å². The minimum Gasteiger partial charge on any atom is -0.493 e. The molecule has 1 amide bonds. The molecule has 206 valence electrons. The van der Waals surface area contributed by atoms with Gasteiger partial charge in [-0.2, -0.15) is 13.7 Å². The predicted molar refractivity (Wildman–Crippen MR) is 151 cm³/mol. The average Bonchev–Trinajstić information content (AvgIpc) is 2.93. The van der Waals surface area contributed by atoms with Crippen LogP contribution >= 0.6 is 22.6 Å². The molecule has 1 N–H and O–H groups in total. The molecular weight excluding hydrogens is 657 g/mol. The highest BCUT2D eigenvalue weighted by Crippen LogP contribution is 2.36. The molecule has 0 saturated carbocycles. The van der Waals surface area contributed by atoms with Crippen molar-refractivity contribution in [2.75, 3.05) is 19.0 Å². The van der Waals surface area contributed by atoms with E-state index < -0.39 is 26.9 Å². The fourth-order valence-corrected chi connectivity index (χ4v) is 5.06. The minimum absolute atomic E-state index is 0.00381. The molecule has 0 aliphatic rings. The van der Waals surface area contributed by atoms with Crippen LogP contribution in [0.2, 0.25) is 0 Å². The summed E-state index contributed by atoms with van der Waals surface area (Å²) in [6.45, 7) is 1.91. The predicted octanol–water partition coefficient (Wildman–Crippen LogP) is 4.70. The summed E-state index contributed by atoms with van der Waals surface area (Å²) in [4.78, 5) is 34.4. The monoisotopic (exact) mass is 677 g/mol. The maximum atomic E-state index is 12.8. The van der Waals surface area contributed by atoms with Crippen LogP contribution < -0.4 is 14.2 Å².